The number of halogens is 1. The first-order valence-corrected chi connectivity index (χ1v) is 6.83. The molecule has 5 heteroatoms. The quantitative estimate of drug-likeness (QED) is 0.844. The summed E-state index contributed by atoms with van der Waals surface area (Å²) in [5.74, 6) is 0.740. The van der Waals surface area contributed by atoms with E-state index >= 15 is 0 Å². The lowest BCUT2D eigenvalue weighted by atomic mass is 10.2. The molecule has 0 spiro atoms. The van der Waals surface area contributed by atoms with Crippen LogP contribution in [0.1, 0.15) is 18.4 Å². The Morgan fingerprint density at radius 3 is 3.11 bits per heavy atom. The minimum absolute atomic E-state index is 0.0473. The fourth-order valence-corrected chi connectivity index (χ4v) is 2.23. The van der Waals surface area contributed by atoms with Gasteiger partial charge in [0.05, 0.1) is 6.54 Å². The number of benzene rings is 1. The summed E-state index contributed by atoms with van der Waals surface area (Å²) in [6.45, 7) is 3.52. The zero-order valence-electron chi connectivity index (χ0n) is 10.9. The van der Waals surface area contributed by atoms with Gasteiger partial charge in [-0.15, -0.1) is 0 Å². The van der Waals surface area contributed by atoms with Gasteiger partial charge in [-0.05, 0) is 43.5 Å². The Hall–Kier alpha value is -1.26. The Labute approximate surface area is 118 Å². The van der Waals surface area contributed by atoms with E-state index in [0.29, 0.717) is 24.8 Å². The van der Waals surface area contributed by atoms with Gasteiger partial charge in [0.15, 0.2) is 0 Å². The molecule has 1 saturated heterocycles. The van der Waals surface area contributed by atoms with Crippen LogP contribution in [0.4, 0.5) is 0 Å². The fraction of sp³-hybridized carbons (Fsp3) is 0.500. The number of hydrogen-bond acceptors (Lipinski definition) is 3. The Morgan fingerprint density at radius 2 is 2.42 bits per heavy atom. The summed E-state index contributed by atoms with van der Waals surface area (Å²) in [5, 5.41) is 3.50. The van der Waals surface area contributed by atoms with Crippen LogP contribution in [0, 0.1) is 6.92 Å². The highest BCUT2D eigenvalue weighted by atomic mass is 35.5. The summed E-state index contributed by atoms with van der Waals surface area (Å²) in [4.78, 5) is 11.7. The molecule has 1 aromatic carbocycles. The first-order valence-electron chi connectivity index (χ1n) is 6.45. The number of carbonyl (C=O) groups is 1. The molecule has 1 unspecified atom stereocenters. The van der Waals surface area contributed by atoms with Gasteiger partial charge in [-0.2, -0.15) is 0 Å². The van der Waals surface area contributed by atoms with Crippen molar-refractivity contribution in [1.82, 2.24) is 5.32 Å². The van der Waals surface area contributed by atoms with Crippen molar-refractivity contribution in [2.75, 3.05) is 19.8 Å². The summed E-state index contributed by atoms with van der Waals surface area (Å²) < 4.78 is 10.9. The summed E-state index contributed by atoms with van der Waals surface area (Å²) in [5.41, 5.74) is 0.984. The zero-order valence-corrected chi connectivity index (χ0v) is 11.7. The van der Waals surface area contributed by atoms with Crippen molar-refractivity contribution >= 4 is 17.5 Å². The molecule has 1 N–H and O–H groups in total. The first-order chi connectivity index (χ1) is 9.16. The van der Waals surface area contributed by atoms with E-state index in [1.54, 1.807) is 6.07 Å². The topological polar surface area (TPSA) is 47.6 Å². The van der Waals surface area contributed by atoms with Crippen LogP contribution < -0.4 is 10.1 Å². The van der Waals surface area contributed by atoms with Gasteiger partial charge in [0.1, 0.15) is 18.5 Å². The largest absolute Gasteiger partial charge is 0.491 e. The molecule has 1 fully saturated rings. The monoisotopic (exact) mass is 283 g/mol. The molecule has 1 amide bonds. The molecule has 1 aromatic rings. The van der Waals surface area contributed by atoms with Gasteiger partial charge in [-0.1, -0.05) is 11.6 Å². The molecule has 19 heavy (non-hydrogen) atoms. The van der Waals surface area contributed by atoms with Gasteiger partial charge in [-0.25, -0.2) is 0 Å². The van der Waals surface area contributed by atoms with Crippen molar-refractivity contribution in [2.45, 2.75) is 25.9 Å². The maximum atomic E-state index is 11.7. The number of hydrogen-bond donors (Lipinski definition) is 1. The van der Waals surface area contributed by atoms with Crippen molar-refractivity contribution < 1.29 is 14.3 Å². The van der Waals surface area contributed by atoms with Crippen molar-refractivity contribution in [1.29, 1.82) is 0 Å². The second-order valence-electron chi connectivity index (χ2n) is 4.55. The van der Waals surface area contributed by atoms with Crippen LogP contribution >= 0.6 is 11.6 Å². The van der Waals surface area contributed by atoms with E-state index in [-0.39, 0.29) is 12.0 Å². The number of aryl methyl sites for hydroxylation is 1. The van der Waals surface area contributed by atoms with Crippen molar-refractivity contribution in [3.05, 3.63) is 28.8 Å². The van der Waals surface area contributed by atoms with E-state index in [2.05, 4.69) is 5.32 Å². The molecule has 0 aromatic heterocycles. The molecular formula is C14H18ClNO3. The first kappa shape index (κ1) is 14.2. The van der Waals surface area contributed by atoms with Crippen LogP contribution in [0.5, 0.6) is 5.75 Å². The van der Waals surface area contributed by atoms with E-state index in [9.17, 15) is 4.79 Å². The lowest BCUT2D eigenvalue weighted by Gasteiger charge is -2.12. The Morgan fingerprint density at radius 1 is 1.58 bits per heavy atom. The molecule has 1 atom stereocenters. The highest BCUT2D eigenvalue weighted by molar-refractivity contribution is 6.30. The lowest BCUT2D eigenvalue weighted by molar-refractivity contribution is -0.130. The smallest absolute Gasteiger partial charge is 0.249 e. The number of carbonyl (C=O) groups excluding carboxylic acids is 1. The number of rotatable bonds is 5. The second kappa shape index (κ2) is 6.78. The number of nitrogens with one attached hydrogen (secondary N) is 1. The van der Waals surface area contributed by atoms with E-state index in [0.717, 1.165) is 24.2 Å². The van der Waals surface area contributed by atoms with Crippen LogP contribution in [0.2, 0.25) is 5.02 Å². The molecule has 1 aliphatic rings. The third-order valence-corrected chi connectivity index (χ3v) is 3.25. The molecule has 0 aliphatic carbocycles. The highest BCUT2D eigenvalue weighted by Crippen LogP contribution is 2.21. The molecule has 1 heterocycles. The summed E-state index contributed by atoms with van der Waals surface area (Å²) in [7, 11) is 0. The van der Waals surface area contributed by atoms with Gasteiger partial charge in [0, 0.05) is 11.6 Å². The van der Waals surface area contributed by atoms with E-state index in [1.807, 2.05) is 19.1 Å². The average Bonchev–Trinajstić information content (AvgIpc) is 2.90. The lowest BCUT2D eigenvalue weighted by Crippen LogP contribution is -2.36. The van der Waals surface area contributed by atoms with Crippen LogP contribution in [0.15, 0.2) is 18.2 Å². The molecule has 0 radical (unpaired) electrons. The van der Waals surface area contributed by atoms with Crippen molar-refractivity contribution in [3.8, 4) is 5.75 Å². The predicted molar refractivity (Wildman–Crippen MR) is 73.7 cm³/mol. The minimum Gasteiger partial charge on any atom is -0.491 e. The van der Waals surface area contributed by atoms with Crippen molar-refractivity contribution in [2.24, 2.45) is 0 Å². The average molecular weight is 284 g/mol. The molecule has 1 aliphatic heterocycles. The van der Waals surface area contributed by atoms with E-state index in [4.69, 9.17) is 21.1 Å². The van der Waals surface area contributed by atoms with E-state index < -0.39 is 0 Å². The van der Waals surface area contributed by atoms with Crippen molar-refractivity contribution in [3.63, 3.8) is 0 Å². The maximum Gasteiger partial charge on any atom is 0.249 e. The fourth-order valence-electron chi connectivity index (χ4n) is 2.01. The molecule has 0 saturated carbocycles. The van der Waals surface area contributed by atoms with Gasteiger partial charge in [0.2, 0.25) is 5.91 Å². The van der Waals surface area contributed by atoms with E-state index in [1.165, 1.54) is 0 Å². The van der Waals surface area contributed by atoms with Gasteiger partial charge in [0.25, 0.3) is 0 Å². The van der Waals surface area contributed by atoms with Gasteiger partial charge < -0.3 is 14.8 Å². The highest BCUT2D eigenvalue weighted by Gasteiger charge is 2.22. The van der Waals surface area contributed by atoms with Gasteiger partial charge >= 0.3 is 0 Å². The summed E-state index contributed by atoms with van der Waals surface area (Å²) in [6, 6.07) is 5.47. The predicted octanol–water partition coefficient (Wildman–Crippen LogP) is 2.32. The number of ether oxygens (including phenoxy) is 2. The summed E-state index contributed by atoms with van der Waals surface area (Å²) in [6.07, 6.45) is 1.49. The molecule has 0 bridgehead atoms. The molecular weight excluding hydrogens is 266 g/mol. The zero-order chi connectivity index (χ0) is 13.7. The Kier molecular flexibility index (Phi) is 5.05. The normalized spacial score (nSPS) is 18.3. The summed E-state index contributed by atoms with van der Waals surface area (Å²) >= 11 is 5.87. The SMILES string of the molecule is Cc1cc(Cl)ccc1OCCNC(=O)C1CCCO1. The standard InChI is InChI=1S/C14H18ClNO3/c1-10-9-11(15)4-5-12(10)19-8-6-16-14(17)13-3-2-7-18-13/h4-5,9,13H,2-3,6-8H2,1H3,(H,16,17). The maximum absolute atomic E-state index is 11.7. The van der Waals surface area contributed by atoms with Crippen LogP contribution in [0.3, 0.4) is 0 Å². The van der Waals surface area contributed by atoms with Crippen LogP contribution in [-0.2, 0) is 9.53 Å². The van der Waals surface area contributed by atoms with Crippen LogP contribution in [0.25, 0.3) is 0 Å². The molecule has 2 rings (SSSR count). The third-order valence-electron chi connectivity index (χ3n) is 3.02. The molecule has 4 nitrogen and oxygen atoms in total. The minimum atomic E-state index is -0.280. The van der Waals surface area contributed by atoms with Crippen LogP contribution in [-0.4, -0.2) is 31.8 Å². The Balaban J connectivity index is 1.70. The Bertz CT molecular complexity index is 444. The molecule has 104 valence electrons. The third kappa shape index (κ3) is 4.11. The number of amides is 1. The second-order valence-corrected chi connectivity index (χ2v) is 4.99. The van der Waals surface area contributed by atoms with Gasteiger partial charge in [-0.3, -0.25) is 4.79 Å².